The minimum atomic E-state index is -2.87. The molecule has 0 aliphatic carbocycles. The molecule has 0 radical (unpaired) electrons. The molecule has 2 rings (SSSR count). The van der Waals surface area contributed by atoms with Gasteiger partial charge in [-0.1, -0.05) is 12.1 Å². The summed E-state index contributed by atoms with van der Waals surface area (Å²) in [5.74, 6) is 0.652. The van der Waals surface area contributed by atoms with E-state index in [0.29, 0.717) is 24.6 Å². The van der Waals surface area contributed by atoms with Crippen molar-refractivity contribution in [2.45, 2.75) is 39.9 Å². The number of alkyl halides is 2. The first-order chi connectivity index (χ1) is 13.8. The molecule has 1 aromatic heterocycles. The molecule has 1 atom stereocenters. The van der Waals surface area contributed by atoms with E-state index in [1.165, 1.54) is 17.7 Å². The minimum Gasteiger partial charge on any atom is -0.435 e. The predicted molar refractivity (Wildman–Crippen MR) is 124 cm³/mol. The Morgan fingerprint density at radius 2 is 1.90 bits per heavy atom. The molecule has 0 saturated carbocycles. The zero-order chi connectivity index (χ0) is 21.4. The Hall–Kier alpha value is -1.95. The summed E-state index contributed by atoms with van der Waals surface area (Å²) < 4.78 is 30.6. The maximum absolute atomic E-state index is 12.2. The molecule has 2 aromatic rings. The Kier molecular flexibility index (Phi) is 11.0. The highest BCUT2D eigenvalue weighted by Crippen LogP contribution is 2.19. The van der Waals surface area contributed by atoms with Crippen LogP contribution in [0.15, 0.2) is 29.3 Å². The molecule has 3 N–H and O–H groups in total. The normalized spacial score (nSPS) is 12.5. The second kappa shape index (κ2) is 12.7. The van der Waals surface area contributed by atoms with Gasteiger partial charge in [0.1, 0.15) is 5.75 Å². The van der Waals surface area contributed by atoms with E-state index >= 15 is 0 Å². The number of guanidine groups is 1. The van der Waals surface area contributed by atoms with Crippen molar-refractivity contribution >= 4 is 29.9 Å². The number of nitrogens with zero attached hydrogens (tertiary/aromatic N) is 3. The van der Waals surface area contributed by atoms with Crippen molar-refractivity contribution in [3.63, 3.8) is 0 Å². The summed E-state index contributed by atoms with van der Waals surface area (Å²) in [4.78, 5) is 4.41. The molecule has 0 spiro atoms. The number of halogens is 3. The summed E-state index contributed by atoms with van der Waals surface area (Å²) in [5, 5.41) is 21.1. The summed E-state index contributed by atoms with van der Waals surface area (Å²) in [6, 6.07) is 5.89. The molecule has 30 heavy (non-hydrogen) atoms. The van der Waals surface area contributed by atoms with Crippen molar-refractivity contribution in [2.24, 2.45) is 12.0 Å². The number of aryl methyl sites for hydroxylation is 2. The van der Waals surface area contributed by atoms with E-state index in [1.54, 1.807) is 12.1 Å². The highest BCUT2D eigenvalue weighted by atomic mass is 127. The maximum atomic E-state index is 12.2. The topological polar surface area (TPSA) is 83.7 Å². The maximum Gasteiger partial charge on any atom is 0.387 e. The van der Waals surface area contributed by atoms with E-state index in [9.17, 15) is 13.9 Å². The molecular formula is C20H30F2IN5O2. The molecule has 1 heterocycles. The lowest BCUT2D eigenvalue weighted by Gasteiger charge is -2.14. The Bertz CT molecular complexity index is 812. The summed E-state index contributed by atoms with van der Waals surface area (Å²) in [6.07, 6.45) is -0.0433. The van der Waals surface area contributed by atoms with Gasteiger partial charge in [-0.15, -0.1) is 24.0 Å². The van der Waals surface area contributed by atoms with Crippen molar-refractivity contribution < 1.29 is 18.6 Å². The van der Waals surface area contributed by atoms with Crippen LogP contribution >= 0.6 is 24.0 Å². The molecule has 168 valence electrons. The lowest BCUT2D eigenvalue weighted by Crippen LogP contribution is -2.38. The van der Waals surface area contributed by atoms with E-state index in [-0.39, 0.29) is 36.3 Å². The molecule has 0 amide bonds. The van der Waals surface area contributed by atoms with Crippen molar-refractivity contribution in [1.29, 1.82) is 0 Å². The Labute approximate surface area is 192 Å². The van der Waals surface area contributed by atoms with E-state index in [4.69, 9.17) is 0 Å². The van der Waals surface area contributed by atoms with Crippen molar-refractivity contribution in [3.05, 3.63) is 46.8 Å². The Balaban J connectivity index is 0.00000450. The molecule has 7 nitrogen and oxygen atoms in total. The zero-order valence-electron chi connectivity index (χ0n) is 17.7. The monoisotopic (exact) mass is 537 g/mol. The van der Waals surface area contributed by atoms with E-state index in [2.05, 4.69) is 25.5 Å². The van der Waals surface area contributed by atoms with Crippen LogP contribution in [0.4, 0.5) is 8.78 Å². The number of aliphatic imine (C=N–C) groups is 1. The summed E-state index contributed by atoms with van der Waals surface area (Å²) in [5.41, 5.74) is 3.94. The van der Waals surface area contributed by atoms with Gasteiger partial charge in [-0.2, -0.15) is 13.9 Å². The minimum absolute atomic E-state index is 0. The van der Waals surface area contributed by atoms with E-state index in [0.717, 1.165) is 17.8 Å². The standard InChI is InChI=1S/C20H29F2N5O2.HI/c1-5-23-20(24-11-10-17-13(2)26-27(4)14(17)3)25-12-18(28)15-6-8-16(9-7-15)29-19(21)22;/h6-9,18-19,28H,5,10-12H2,1-4H3,(H2,23,24,25);1H. The molecule has 0 bridgehead atoms. The fraction of sp³-hybridized carbons (Fsp3) is 0.500. The van der Waals surface area contributed by atoms with Crippen LogP contribution in [-0.2, 0) is 13.5 Å². The molecular weight excluding hydrogens is 507 g/mol. The molecule has 0 saturated heterocycles. The smallest absolute Gasteiger partial charge is 0.387 e. The van der Waals surface area contributed by atoms with Crippen LogP contribution in [0.1, 0.15) is 35.5 Å². The first kappa shape index (κ1) is 26.1. The van der Waals surface area contributed by atoms with Crippen LogP contribution in [0.5, 0.6) is 5.75 Å². The fourth-order valence-electron chi connectivity index (χ4n) is 2.98. The number of benzene rings is 1. The number of hydrogen-bond donors (Lipinski definition) is 3. The number of hydrogen-bond acceptors (Lipinski definition) is 4. The number of ether oxygens (including phenoxy) is 1. The van der Waals surface area contributed by atoms with Gasteiger partial charge in [-0.25, -0.2) is 0 Å². The molecule has 0 aliphatic heterocycles. The van der Waals surface area contributed by atoms with Crippen LogP contribution in [-0.4, -0.2) is 47.1 Å². The Morgan fingerprint density at radius 1 is 1.23 bits per heavy atom. The highest BCUT2D eigenvalue weighted by molar-refractivity contribution is 14.0. The predicted octanol–water partition coefficient (Wildman–Crippen LogP) is 3.09. The third kappa shape index (κ3) is 7.71. The van der Waals surface area contributed by atoms with Crippen LogP contribution in [0.3, 0.4) is 0 Å². The first-order valence-electron chi connectivity index (χ1n) is 9.55. The molecule has 0 fully saturated rings. The second-order valence-corrected chi connectivity index (χ2v) is 6.63. The quantitative estimate of drug-likeness (QED) is 0.260. The average Bonchev–Trinajstić information content (AvgIpc) is 2.91. The van der Waals surface area contributed by atoms with Gasteiger partial charge in [-0.3, -0.25) is 9.67 Å². The van der Waals surface area contributed by atoms with Crippen molar-refractivity contribution in [3.8, 4) is 5.75 Å². The van der Waals surface area contributed by atoms with Gasteiger partial charge in [0.25, 0.3) is 0 Å². The highest BCUT2D eigenvalue weighted by Gasteiger charge is 2.11. The zero-order valence-corrected chi connectivity index (χ0v) is 20.0. The molecule has 10 heteroatoms. The lowest BCUT2D eigenvalue weighted by molar-refractivity contribution is -0.0498. The third-order valence-corrected chi connectivity index (χ3v) is 4.58. The first-order valence-corrected chi connectivity index (χ1v) is 9.55. The summed E-state index contributed by atoms with van der Waals surface area (Å²) in [7, 11) is 1.93. The third-order valence-electron chi connectivity index (χ3n) is 4.58. The van der Waals surface area contributed by atoms with Gasteiger partial charge in [-0.05, 0) is 50.5 Å². The fourth-order valence-corrected chi connectivity index (χ4v) is 2.98. The van der Waals surface area contributed by atoms with Gasteiger partial charge in [0, 0.05) is 25.8 Å². The molecule has 1 aromatic carbocycles. The van der Waals surface area contributed by atoms with Gasteiger partial charge >= 0.3 is 6.61 Å². The van der Waals surface area contributed by atoms with Gasteiger partial charge < -0.3 is 20.5 Å². The molecule has 1 unspecified atom stereocenters. The van der Waals surface area contributed by atoms with Crippen LogP contribution in [0.25, 0.3) is 0 Å². The largest absolute Gasteiger partial charge is 0.435 e. The summed E-state index contributed by atoms with van der Waals surface area (Å²) in [6.45, 7) is 4.63. The van der Waals surface area contributed by atoms with Crippen molar-refractivity contribution in [1.82, 2.24) is 20.4 Å². The van der Waals surface area contributed by atoms with Crippen molar-refractivity contribution in [2.75, 3.05) is 19.6 Å². The Morgan fingerprint density at radius 3 is 2.43 bits per heavy atom. The molecule has 0 aliphatic rings. The SMILES string of the molecule is CCNC(=NCC(O)c1ccc(OC(F)F)cc1)NCCc1c(C)nn(C)c1C.I. The van der Waals surface area contributed by atoms with Crippen LogP contribution in [0.2, 0.25) is 0 Å². The van der Waals surface area contributed by atoms with Crippen LogP contribution < -0.4 is 15.4 Å². The van der Waals surface area contributed by atoms with Crippen LogP contribution in [0, 0.1) is 13.8 Å². The number of nitrogens with one attached hydrogen (secondary N) is 2. The van der Waals surface area contributed by atoms with Gasteiger partial charge in [0.05, 0.1) is 18.3 Å². The van der Waals surface area contributed by atoms with E-state index in [1.807, 2.05) is 32.5 Å². The lowest BCUT2D eigenvalue weighted by atomic mass is 10.1. The number of aromatic nitrogens is 2. The summed E-state index contributed by atoms with van der Waals surface area (Å²) >= 11 is 0. The van der Waals surface area contributed by atoms with E-state index < -0.39 is 12.7 Å². The second-order valence-electron chi connectivity index (χ2n) is 6.63. The number of rotatable bonds is 9. The van der Waals surface area contributed by atoms with Gasteiger partial charge in [0.2, 0.25) is 0 Å². The van der Waals surface area contributed by atoms with Gasteiger partial charge in [0.15, 0.2) is 5.96 Å². The number of aliphatic hydroxyl groups excluding tert-OH is 1. The average molecular weight is 537 g/mol. The number of aliphatic hydroxyl groups is 1.